The fourth-order valence-corrected chi connectivity index (χ4v) is 2.78. The van der Waals surface area contributed by atoms with Gasteiger partial charge in [-0.3, -0.25) is 4.79 Å². The van der Waals surface area contributed by atoms with Crippen LogP contribution >= 0.6 is 11.8 Å². The number of halogens is 2. The van der Waals surface area contributed by atoms with E-state index in [9.17, 15) is 13.6 Å². The van der Waals surface area contributed by atoms with Crippen molar-refractivity contribution in [3.63, 3.8) is 0 Å². The Morgan fingerprint density at radius 3 is 2.70 bits per heavy atom. The first-order valence-electron chi connectivity index (χ1n) is 7.22. The quantitative estimate of drug-likeness (QED) is 0.796. The van der Waals surface area contributed by atoms with Crippen LogP contribution in [-0.2, 0) is 4.79 Å². The number of rotatable bonds is 6. The van der Waals surface area contributed by atoms with E-state index in [-0.39, 0.29) is 18.5 Å². The molecule has 23 heavy (non-hydrogen) atoms. The molecule has 3 nitrogen and oxygen atoms in total. The van der Waals surface area contributed by atoms with Crippen molar-refractivity contribution in [3.05, 3.63) is 59.7 Å². The second-order valence-electron chi connectivity index (χ2n) is 5.14. The van der Waals surface area contributed by atoms with Gasteiger partial charge in [0.25, 0.3) is 5.91 Å². The summed E-state index contributed by atoms with van der Waals surface area (Å²) < 4.78 is 26.6. The third-order valence-corrected chi connectivity index (χ3v) is 4.29. The number of nitrogens with two attached hydrogens (primary N) is 1. The van der Waals surface area contributed by atoms with E-state index in [1.165, 1.54) is 12.1 Å². The van der Waals surface area contributed by atoms with Crippen molar-refractivity contribution in [3.8, 4) is 0 Å². The average Bonchev–Trinajstić information content (AvgIpc) is 2.53. The highest BCUT2D eigenvalue weighted by Gasteiger charge is 2.16. The van der Waals surface area contributed by atoms with E-state index in [1.807, 2.05) is 30.5 Å². The summed E-state index contributed by atoms with van der Waals surface area (Å²) in [6, 6.07) is 10.7. The summed E-state index contributed by atoms with van der Waals surface area (Å²) in [4.78, 5) is 13.0. The molecule has 0 saturated carbocycles. The molecular formula is C17H19F2N2OS+. The van der Waals surface area contributed by atoms with Crippen molar-refractivity contribution in [1.29, 1.82) is 0 Å². The van der Waals surface area contributed by atoms with Gasteiger partial charge in [-0.15, -0.1) is 11.8 Å². The number of carbonyl (C=O) groups excluding carboxylic acids is 1. The number of carbonyl (C=O) groups is 1. The second kappa shape index (κ2) is 8.08. The van der Waals surface area contributed by atoms with Crippen LogP contribution in [0.5, 0.6) is 0 Å². The lowest BCUT2D eigenvalue weighted by atomic mass is 10.1. The molecule has 0 aliphatic rings. The molecule has 2 aromatic rings. The van der Waals surface area contributed by atoms with Crippen molar-refractivity contribution in [2.45, 2.75) is 17.9 Å². The van der Waals surface area contributed by atoms with Crippen LogP contribution in [0.25, 0.3) is 0 Å². The van der Waals surface area contributed by atoms with Gasteiger partial charge in [0.05, 0.1) is 5.69 Å². The lowest BCUT2D eigenvalue weighted by molar-refractivity contribution is -0.682. The molecule has 0 heterocycles. The molecule has 0 bridgehead atoms. The number of nitrogens with one attached hydrogen (secondary N) is 1. The first-order chi connectivity index (χ1) is 11.0. The Bertz CT molecular complexity index is 694. The molecule has 1 atom stereocenters. The van der Waals surface area contributed by atoms with Crippen molar-refractivity contribution in [1.82, 2.24) is 0 Å². The smallest absolute Gasteiger partial charge is 0.279 e. The standard InChI is InChI=1S/C17H18F2N2OS/c1-11(13-8-7-12(18)9-14(13)19)20-10-17(22)21-15-5-3-4-6-16(15)23-2/h3-9,11,20H,10H2,1-2H3,(H,21,22)/p+1/t11-/m1/s1. The molecule has 0 spiro atoms. The van der Waals surface area contributed by atoms with Gasteiger partial charge in [0.15, 0.2) is 6.54 Å². The van der Waals surface area contributed by atoms with Crippen molar-refractivity contribution >= 4 is 23.4 Å². The number of thioether (sulfide) groups is 1. The Morgan fingerprint density at radius 2 is 2.00 bits per heavy atom. The van der Waals surface area contributed by atoms with Crippen LogP contribution in [0.15, 0.2) is 47.4 Å². The van der Waals surface area contributed by atoms with Gasteiger partial charge in [0.2, 0.25) is 0 Å². The second-order valence-corrected chi connectivity index (χ2v) is 5.99. The van der Waals surface area contributed by atoms with Crippen molar-refractivity contribution in [2.24, 2.45) is 0 Å². The minimum Gasteiger partial charge on any atom is -0.332 e. The topological polar surface area (TPSA) is 45.7 Å². The zero-order valence-electron chi connectivity index (χ0n) is 13.0. The molecule has 6 heteroatoms. The molecule has 0 radical (unpaired) electrons. The van der Waals surface area contributed by atoms with Crippen LogP contribution in [0.2, 0.25) is 0 Å². The fraction of sp³-hybridized carbons (Fsp3) is 0.235. The van der Waals surface area contributed by atoms with Crippen LogP contribution in [0.3, 0.4) is 0 Å². The molecule has 0 aromatic heterocycles. The maximum absolute atomic E-state index is 13.7. The van der Waals surface area contributed by atoms with E-state index in [1.54, 1.807) is 24.0 Å². The van der Waals surface area contributed by atoms with Crippen LogP contribution in [-0.4, -0.2) is 18.7 Å². The van der Waals surface area contributed by atoms with Gasteiger partial charge < -0.3 is 10.6 Å². The van der Waals surface area contributed by atoms with Gasteiger partial charge >= 0.3 is 0 Å². The molecule has 122 valence electrons. The van der Waals surface area contributed by atoms with E-state index in [4.69, 9.17) is 0 Å². The molecule has 0 aliphatic carbocycles. The van der Waals surface area contributed by atoms with E-state index < -0.39 is 11.6 Å². The minimum atomic E-state index is -0.607. The van der Waals surface area contributed by atoms with Gasteiger partial charge in [-0.05, 0) is 37.4 Å². The minimum absolute atomic E-state index is 0.153. The summed E-state index contributed by atoms with van der Waals surface area (Å²) in [6.07, 6.45) is 1.94. The summed E-state index contributed by atoms with van der Waals surface area (Å²) in [5, 5.41) is 4.56. The van der Waals surface area contributed by atoms with Crippen LogP contribution in [0.4, 0.5) is 14.5 Å². The van der Waals surface area contributed by atoms with Gasteiger partial charge in [0, 0.05) is 16.5 Å². The Balaban J connectivity index is 1.93. The van der Waals surface area contributed by atoms with E-state index in [2.05, 4.69) is 5.32 Å². The Morgan fingerprint density at radius 1 is 1.26 bits per heavy atom. The van der Waals surface area contributed by atoms with Crippen molar-refractivity contribution < 1.29 is 18.9 Å². The molecule has 2 aromatic carbocycles. The fourth-order valence-electron chi connectivity index (χ4n) is 2.23. The number of quaternary nitrogens is 1. The molecule has 0 unspecified atom stereocenters. The monoisotopic (exact) mass is 337 g/mol. The largest absolute Gasteiger partial charge is 0.332 e. The molecule has 1 amide bonds. The molecule has 0 aliphatic heterocycles. The zero-order valence-corrected chi connectivity index (χ0v) is 13.8. The zero-order chi connectivity index (χ0) is 16.8. The predicted molar refractivity (Wildman–Crippen MR) is 88.4 cm³/mol. The lowest BCUT2D eigenvalue weighted by Crippen LogP contribution is -2.86. The van der Waals surface area contributed by atoms with E-state index in [0.29, 0.717) is 5.56 Å². The van der Waals surface area contributed by atoms with Gasteiger partial charge in [-0.1, -0.05) is 12.1 Å². The number of anilines is 1. The Kier molecular flexibility index (Phi) is 6.12. The van der Waals surface area contributed by atoms with Gasteiger partial charge in [0.1, 0.15) is 17.7 Å². The highest BCUT2D eigenvalue weighted by Crippen LogP contribution is 2.24. The van der Waals surface area contributed by atoms with E-state index in [0.717, 1.165) is 16.6 Å². The molecule has 0 fully saturated rings. The molecule has 0 saturated heterocycles. The normalized spacial score (nSPS) is 12.0. The number of amides is 1. The maximum atomic E-state index is 13.7. The maximum Gasteiger partial charge on any atom is 0.279 e. The Labute approximate surface area is 138 Å². The van der Waals surface area contributed by atoms with Crippen LogP contribution in [0, 0.1) is 11.6 Å². The first-order valence-corrected chi connectivity index (χ1v) is 8.45. The summed E-state index contributed by atoms with van der Waals surface area (Å²) in [5.41, 5.74) is 1.14. The highest BCUT2D eigenvalue weighted by molar-refractivity contribution is 7.98. The first kappa shape index (κ1) is 17.4. The number of benzene rings is 2. The highest BCUT2D eigenvalue weighted by atomic mass is 32.2. The molecule has 2 rings (SSSR count). The SMILES string of the molecule is CSc1ccccc1NC(=O)C[NH2+][C@H](C)c1ccc(F)cc1F. The number of hydrogen-bond donors (Lipinski definition) is 2. The number of para-hydroxylation sites is 1. The van der Waals surface area contributed by atoms with E-state index >= 15 is 0 Å². The molecular weight excluding hydrogens is 318 g/mol. The van der Waals surface area contributed by atoms with Crippen LogP contribution < -0.4 is 10.6 Å². The van der Waals surface area contributed by atoms with Gasteiger partial charge in [-0.2, -0.15) is 0 Å². The third-order valence-electron chi connectivity index (χ3n) is 3.49. The summed E-state index contributed by atoms with van der Waals surface area (Å²) in [7, 11) is 0. The number of hydrogen-bond acceptors (Lipinski definition) is 2. The van der Waals surface area contributed by atoms with Crippen molar-refractivity contribution in [2.75, 3.05) is 18.1 Å². The van der Waals surface area contributed by atoms with Gasteiger partial charge in [-0.25, -0.2) is 8.78 Å². The summed E-state index contributed by atoms with van der Waals surface area (Å²) in [6.45, 7) is 1.93. The summed E-state index contributed by atoms with van der Waals surface area (Å²) in [5.74, 6) is -1.37. The summed E-state index contributed by atoms with van der Waals surface area (Å²) >= 11 is 1.55. The average molecular weight is 337 g/mol. The predicted octanol–water partition coefficient (Wildman–Crippen LogP) is 2.95. The molecule has 3 N–H and O–H groups in total. The van der Waals surface area contributed by atoms with Crippen LogP contribution in [0.1, 0.15) is 18.5 Å². The third kappa shape index (κ3) is 4.77. The Hall–Kier alpha value is -1.92. The lowest BCUT2D eigenvalue weighted by Gasteiger charge is -2.13.